The molecule has 10 heteroatoms. The fraction of sp³-hybridized carbons (Fsp3) is 1.00. The Morgan fingerprint density at radius 1 is 0.848 bits per heavy atom. The molecule has 0 amide bonds. The lowest BCUT2D eigenvalue weighted by Gasteiger charge is -2.44. The predicted molar refractivity (Wildman–Crippen MR) is 146 cm³/mol. The highest BCUT2D eigenvalue weighted by molar-refractivity contribution is 6.76. The average molecular weight is 526 g/mol. The number of hydrogen-bond acceptors (Lipinski definition) is 7. The fourth-order valence-corrected chi connectivity index (χ4v) is 9.01. The van der Waals surface area contributed by atoms with E-state index in [-0.39, 0.29) is 22.6 Å². The molecule has 0 saturated carbocycles. The van der Waals surface area contributed by atoms with Crippen molar-refractivity contribution >= 4 is 26.2 Å². The molecule has 0 heterocycles. The van der Waals surface area contributed by atoms with Gasteiger partial charge < -0.3 is 33.9 Å². The first kappa shape index (κ1) is 33.4. The van der Waals surface area contributed by atoms with Crippen LogP contribution < -0.4 is 5.32 Å². The van der Waals surface area contributed by atoms with E-state index in [0.717, 1.165) is 12.5 Å². The van der Waals surface area contributed by atoms with Crippen molar-refractivity contribution in [2.75, 3.05) is 46.1 Å². The molecule has 0 spiro atoms. The molecule has 7 nitrogen and oxygen atoms in total. The van der Waals surface area contributed by atoms with E-state index in [2.05, 4.69) is 73.0 Å². The third-order valence-corrected chi connectivity index (χ3v) is 18.1. The van der Waals surface area contributed by atoms with E-state index in [0.29, 0.717) is 39.5 Å². The molecular weight excluding hydrogens is 471 g/mol. The minimum Gasteiger partial charge on any atom is -0.397 e. The molecule has 0 aliphatic rings. The van der Waals surface area contributed by atoms with Crippen molar-refractivity contribution < 1.29 is 28.5 Å². The van der Waals surface area contributed by atoms with Gasteiger partial charge in [0.25, 0.3) is 0 Å². The maximum absolute atomic E-state index is 10.0. The van der Waals surface area contributed by atoms with Gasteiger partial charge in [0.05, 0.1) is 42.1 Å². The molecule has 1 unspecified atom stereocenters. The maximum Gasteiger partial charge on any atom is 0.194 e. The van der Waals surface area contributed by atoms with Gasteiger partial charge in [0.15, 0.2) is 16.6 Å². The lowest BCUT2D eigenvalue weighted by molar-refractivity contribution is 0.0341. The molecule has 0 aromatic rings. The van der Waals surface area contributed by atoms with E-state index in [1.165, 1.54) is 0 Å². The summed E-state index contributed by atoms with van der Waals surface area (Å²) in [6, 6.07) is 1.10. The highest BCUT2D eigenvalue weighted by atomic mass is 28.4. The van der Waals surface area contributed by atoms with Crippen LogP contribution in [0.5, 0.6) is 0 Å². The minimum atomic E-state index is -1.90. The zero-order chi connectivity index (χ0) is 25.8. The van der Waals surface area contributed by atoms with Crippen molar-refractivity contribution in [3.63, 3.8) is 0 Å². The monoisotopic (exact) mass is 525 g/mol. The second-order valence-corrected chi connectivity index (χ2v) is 23.4. The Balaban J connectivity index is 4.43. The molecule has 33 heavy (non-hydrogen) atoms. The Morgan fingerprint density at radius 3 is 1.88 bits per heavy atom. The average Bonchev–Trinajstić information content (AvgIpc) is 2.64. The molecule has 0 aromatic carbocycles. The Kier molecular flexibility index (Phi) is 15.6. The summed E-state index contributed by atoms with van der Waals surface area (Å²) in [5.41, 5.74) is 0. The third kappa shape index (κ3) is 14.5. The van der Waals surface area contributed by atoms with Gasteiger partial charge in [0, 0.05) is 19.7 Å². The van der Waals surface area contributed by atoms with E-state index in [1.807, 2.05) is 0 Å². The second kappa shape index (κ2) is 15.5. The Hall–Kier alpha value is 0.371. The first-order valence-corrected chi connectivity index (χ1v) is 20.2. The Morgan fingerprint density at radius 2 is 1.39 bits per heavy atom. The van der Waals surface area contributed by atoms with Gasteiger partial charge in [0.1, 0.15) is 5.91 Å². The van der Waals surface area contributed by atoms with Gasteiger partial charge >= 0.3 is 0 Å². The van der Waals surface area contributed by atoms with Crippen LogP contribution >= 0.6 is 0 Å². The summed E-state index contributed by atoms with van der Waals surface area (Å²) in [7, 11) is -4.39. The topological polar surface area (TPSA) is 89.4 Å². The molecule has 0 aliphatic carbocycles. The number of hydrogen-bond donors (Lipinski definition) is 3. The summed E-state index contributed by atoms with van der Waals surface area (Å²) in [6.07, 6.45) is 0.441. The van der Waals surface area contributed by atoms with Crippen molar-refractivity contribution in [3.8, 4) is 0 Å². The van der Waals surface area contributed by atoms with Crippen LogP contribution in [0.3, 0.4) is 0 Å². The molecule has 1 atom stereocenters. The summed E-state index contributed by atoms with van der Waals surface area (Å²) < 4.78 is 24.4. The highest BCUT2D eigenvalue weighted by Crippen LogP contribution is 2.40. The van der Waals surface area contributed by atoms with E-state index in [9.17, 15) is 5.11 Å². The van der Waals surface area contributed by atoms with Gasteiger partial charge in [0.2, 0.25) is 0 Å². The van der Waals surface area contributed by atoms with Crippen molar-refractivity contribution in [2.45, 2.75) is 102 Å². The van der Waals surface area contributed by atoms with Crippen LogP contribution in [0, 0.1) is 0 Å². The van der Waals surface area contributed by atoms with Crippen molar-refractivity contribution in [3.05, 3.63) is 0 Å². The number of rotatable bonds is 18. The highest BCUT2D eigenvalue weighted by Gasteiger charge is 2.43. The molecule has 0 radical (unpaired) electrons. The minimum absolute atomic E-state index is 0.0326. The van der Waals surface area contributed by atoms with Crippen LogP contribution in [-0.4, -0.2) is 94.5 Å². The van der Waals surface area contributed by atoms with Crippen LogP contribution in [0.2, 0.25) is 42.3 Å². The smallest absolute Gasteiger partial charge is 0.194 e. The summed E-state index contributed by atoms with van der Waals surface area (Å²) in [6.45, 7) is 25.9. The largest absolute Gasteiger partial charge is 0.397 e. The van der Waals surface area contributed by atoms with Crippen molar-refractivity contribution in [1.29, 1.82) is 0 Å². The van der Waals surface area contributed by atoms with E-state index in [1.54, 1.807) is 0 Å². The van der Waals surface area contributed by atoms with Crippen LogP contribution in [0.15, 0.2) is 0 Å². The third-order valence-electron chi connectivity index (χ3n) is 6.79. The molecule has 0 aliphatic heterocycles. The standard InChI is InChI=1S/C23H55NO6Si3/c1-22(2,3)32(7,8)29-21(30-33(9,10)23(4,5)6)31-17-11-14-28-19-20(26)18-24-12-15-27-16-13-25/h20-21,24-26H,11-19,31H2,1-10H3. The number of aliphatic hydroxyl groups is 2. The quantitative estimate of drug-likeness (QED) is 0.144. The van der Waals surface area contributed by atoms with Crippen LogP contribution in [0.4, 0.5) is 0 Å². The first-order valence-electron chi connectivity index (χ1n) is 12.5. The van der Waals surface area contributed by atoms with E-state index in [4.69, 9.17) is 23.4 Å². The van der Waals surface area contributed by atoms with Gasteiger partial charge in [-0.25, -0.2) is 0 Å². The first-order chi connectivity index (χ1) is 15.0. The predicted octanol–water partition coefficient (Wildman–Crippen LogP) is 3.27. The second-order valence-electron chi connectivity index (χ2n) is 12.0. The summed E-state index contributed by atoms with van der Waals surface area (Å²) in [5, 5.41) is 22.1. The van der Waals surface area contributed by atoms with Crippen molar-refractivity contribution in [1.82, 2.24) is 5.32 Å². The number of ether oxygens (including phenoxy) is 2. The van der Waals surface area contributed by atoms with Crippen LogP contribution in [-0.2, 0) is 18.3 Å². The van der Waals surface area contributed by atoms with Gasteiger partial charge in [-0.1, -0.05) is 47.6 Å². The maximum atomic E-state index is 10.0. The molecule has 0 fully saturated rings. The Labute approximate surface area is 208 Å². The Bertz CT molecular complexity index is 481. The molecule has 0 aromatic heterocycles. The summed E-state index contributed by atoms with van der Waals surface area (Å²) >= 11 is 0. The molecule has 0 saturated heterocycles. The lowest BCUT2D eigenvalue weighted by Crippen LogP contribution is -2.51. The van der Waals surface area contributed by atoms with Gasteiger partial charge in [-0.3, -0.25) is 0 Å². The van der Waals surface area contributed by atoms with Crippen LogP contribution in [0.1, 0.15) is 48.0 Å². The number of nitrogens with one attached hydrogen (secondary N) is 1. The van der Waals surface area contributed by atoms with Gasteiger partial charge in [-0.15, -0.1) is 0 Å². The normalized spacial score (nSPS) is 15.2. The zero-order valence-electron chi connectivity index (χ0n) is 23.3. The molecule has 0 bridgehead atoms. The van der Waals surface area contributed by atoms with Crippen LogP contribution in [0.25, 0.3) is 0 Å². The fourth-order valence-electron chi connectivity index (χ4n) is 2.53. The van der Waals surface area contributed by atoms with Gasteiger partial charge in [-0.2, -0.15) is 0 Å². The zero-order valence-corrected chi connectivity index (χ0v) is 26.7. The summed E-state index contributed by atoms with van der Waals surface area (Å²) in [4.78, 5) is 0. The van der Waals surface area contributed by atoms with Crippen molar-refractivity contribution in [2.24, 2.45) is 0 Å². The molecule has 200 valence electrons. The SMILES string of the molecule is CC(C)(C)[Si](C)(C)OC(O[Si](C)(C)C(C)(C)C)[SiH2]CCCOCC(O)CNCCOCCO. The molecule has 3 N–H and O–H groups in total. The lowest BCUT2D eigenvalue weighted by atomic mass is 10.2. The van der Waals surface area contributed by atoms with Gasteiger partial charge in [-0.05, 0) is 42.7 Å². The van der Waals surface area contributed by atoms with E-state index < -0.39 is 32.3 Å². The summed E-state index contributed by atoms with van der Waals surface area (Å²) in [5.74, 6) is -0.0328. The van der Waals surface area contributed by atoms with E-state index >= 15 is 0 Å². The molecular formula is C23H55NO6Si3. The number of aliphatic hydroxyl groups excluding tert-OH is 2. The molecule has 0 rings (SSSR count).